The molecule has 1 fully saturated rings. The van der Waals surface area contributed by atoms with Gasteiger partial charge in [0.25, 0.3) is 0 Å². The first-order valence-corrected chi connectivity index (χ1v) is 9.99. The highest BCUT2D eigenvalue weighted by Gasteiger charge is 2.36. The summed E-state index contributed by atoms with van der Waals surface area (Å²) >= 11 is 0. The van der Waals surface area contributed by atoms with Gasteiger partial charge in [-0.25, -0.2) is 8.42 Å². The Balaban J connectivity index is 2.66. The van der Waals surface area contributed by atoms with Crippen molar-refractivity contribution < 1.29 is 18.0 Å². The van der Waals surface area contributed by atoms with Crippen LogP contribution in [0, 0.1) is 5.92 Å². The second kappa shape index (κ2) is 8.10. The Labute approximate surface area is 138 Å². The monoisotopic (exact) mass is 347 g/mol. The van der Waals surface area contributed by atoms with E-state index in [1.807, 2.05) is 13.8 Å². The van der Waals surface area contributed by atoms with E-state index >= 15 is 0 Å². The van der Waals surface area contributed by atoms with Crippen LogP contribution in [0.5, 0.6) is 0 Å². The van der Waals surface area contributed by atoms with E-state index in [2.05, 4.69) is 5.32 Å². The first kappa shape index (κ1) is 19.9. The summed E-state index contributed by atoms with van der Waals surface area (Å²) in [7, 11) is -1.61. The second-order valence-electron chi connectivity index (χ2n) is 6.71. The number of nitrogens with one attached hydrogen (secondary N) is 1. The van der Waals surface area contributed by atoms with Gasteiger partial charge in [-0.3, -0.25) is 9.59 Å². The van der Waals surface area contributed by atoms with E-state index in [1.165, 1.54) is 11.2 Å². The summed E-state index contributed by atoms with van der Waals surface area (Å²) in [5.41, 5.74) is 5.73. The highest BCUT2D eigenvalue weighted by Crippen LogP contribution is 2.27. The van der Waals surface area contributed by atoms with Crippen molar-refractivity contribution in [3.05, 3.63) is 0 Å². The van der Waals surface area contributed by atoms with Crippen LogP contribution in [0.15, 0.2) is 0 Å². The van der Waals surface area contributed by atoms with Crippen molar-refractivity contribution >= 4 is 21.7 Å². The summed E-state index contributed by atoms with van der Waals surface area (Å²) in [5, 5.41) is 2.00. The molecule has 1 aliphatic rings. The average Bonchev–Trinajstić information content (AvgIpc) is 2.49. The van der Waals surface area contributed by atoms with Crippen LogP contribution in [0.3, 0.4) is 0 Å². The summed E-state index contributed by atoms with van der Waals surface area (Å²) < 4.78 is 23.9. The third kappa shape index (κ3) is 5.46. The lowest BCUT2D eigenvalue weighted by molar-refractivity contribution is -0.134. The number of carbonyl (C=O) groups is 2. The van der Waals surface area contributed by atoms with Gasteiger partial charge in [0.1, 0.15) is 0 Å². The normalized spacial score (nSPS) is 23.4. The molecule has 0 aromatic rings. The van der Waals surface area contributed by atoms with Crippen LogP contribution in [0.1, 0.15) is 39.5 Å². The summed E-state index contributed by atoms with van der Waals surface area (Å²) in [6.07, 6.45) is 4.22. The minimum atomic E-state index is -3.21. The molecule has 7 nitrogen and oxygen atoms in total. The van der Waals surface area contributed by atoms with Crippen LogP contribution < -0.4 is 11.1 Å². The molecule has 1 saturated carbocycles. The van der Waals surface area contributed by atoms with Crippen molar-refractivity contribution in [1.29, 1.82) is 0 Å². The molecule has 0 aromatic heterocycles. The topological polar surface area (TPSA) is 110 Å². The SMILES string of the molecule is CC(C)[C@H](N)C(=O)NCC(=O)N(C)C1CCCCC1S(C)(=O)=O. The van der Waals surface area contributed by atoms with E-state index in [1.54, 1.807) is 7.05 Å². The van der Waals surface area contributed by atoms with Crippen LogP contribution in [0.4, 0.5) is 0 Å². The van der Waals surface area contributed by atoms with Gasteiger partial charge in [0.15, 0.2) is 9.84 Å². The molecule has 0 aliphatic heterocycles. The van der Waals surface area contributed by atoms with Gasteiger partial charge in [-0.05, 0) is 18.8 Å². The molecule has 1 rings (SSSR count). The molecule has 23 heavy (non-hydrogen) atoms. The molecule has 0 radical (unpaired) electrons. The molecule has 0 bridgehead atoms. The molecule has 0 saturated heterocycles. The third-order valence-corrected chi connectivity index (χ3v) is 6.19. The Morgan fingerprint density at radius 3 is 2.35 bits per heavy atom. The molecule has 1 aliphatic carbocycles. The number of nitrogens with two attached hydrogens (primary N) is 1. The van der Waals surface area contributed by atoms with Crippen LogP contribution >= 0.6 is 0 Å². The Kier molecular flexibility index (Phi) is 7.01. The van der Waals surface area contributed by atoms with Crippen molar-refractivity contribution in [2.75, 3.05) is 19.8 Å². The minimum Gasteiger partial charge on any atom is -0.346 e. The fourth-order valence-electron chi connectivity index (χ4n) is 2.91. The lowest BCUT2D eigenvalue weighted by atomic mass is 9.94. The smallest absolute Gasteiger partial charge is 0.241 e. The van der Waals surface area contributed by atoms with E-state index in [9.17, 15) is 18.0 Å². The molecule has 2 amide bonds. The van der Waals surface area contributed by atoms with Crippen LogP contribution in [0.2, 0.25) is 0 Å². The van der Waals surface area contributed by atoms with Gasteiger partial charge in [-0.15, -0.1) is 0 Å². The molecule has 0 heterocycles. The maximum absolute atomic E-state index is 12.3. The van der Waals surface area contributed by atoms with E-state index < -0.39 is 21.1 Å². The van der Waals surface area contributed by atoms with Crippen LogP contribution in [-0.4, -0.2) is 62.3 Å². The van der Waals surface area contributed by atoms with Gasteiger partial charge in [0, 0.05) is 19.3 Å². The summed E-state index contributed by atoms with van der Waals surface area (Å²) in [6, 6.07) is -0.992. The minimum absolute atomic E-state index is 0.0178. The first-order chi connectivity index (χ1) is 10.6. The molecule has 8 heteroatoms. The standard InChI is InChI=1S/C15H29N3O4S/c1-10(2)14(16)15(20)17-9-13(19)18(3)11-7-5-6-8-12(11)23(4,21)22/h10-12,14H,5-9,16H2,1-4H3,(H,17,20)/t11?,12?,14-/m0/s1. The Morgan fingerprint density at radius 2 is 1.83 bits per heavy atom. The number of sulfone groups is 1. The molecule has 0 spiro atoms. The average molecular weight is 347 g/mol. The number of rotatable bonds is 6. The summed E-state index contributed by atoms with van der Waals surface area (Å²) in [4.78, 5) is 25.6. The summed E-state index contributed by atoms with van der Waals surface area (Å²) in [5.74, 6) is -0.685. The van der Waals surface area contributed by atoms with Gasteiger partial charge in [0.2, 0.25) is 11.8 Å². The molecular weight excluding hydrogens is 318 g/mol. The highest BCUT2D eigenvalue weighted by atomic mass is 32.2. The Hall–Kier alpha value is -1.15. The van der Waals surface area contributed by atoms with Crippen LogP contribution in [0.25, 0.3) is 0 Å². The number of carbonyl (C=O) groups excluding carboxylic acids is 2. The van der Waals surface area contributed by atoms with Gasteiger partial charge < -0.3 is 16.0 Å². The van der Waals surface area contributed by atoms with Crippen molar-refractivity contribution in [3.8, 4) is 0 Å². The number of likely N-dealkylation sites (N-methyl/N-ethyl adjacent to an activating group) is 1. The first-order valence-electron chi connectivity index (χ1n) is 8.03. The predicted octanol–water partition coefficient (Wildman–Crippen LogP) is -0.0999. The molecule has 3 N–H and O–H groups in total. The highest BCUT2D eigenvalue weighted by molar-refractivity contribution is 7.91. The number of nitrogens with zero attached hydrogens (tertiary/aromatic N) is 1. The van der Waals surface area contributed by atoms with Crippen LogP contribution in [-0.2, 0) is 19.4 Å². The van der Waals surface area contributed by atoms with Gasteiger partial charge >= 0.3 is 0 Å². The van der Waals surface area contributed by atoms with Crippen molar-refractivity contribution in [2.24, 2.45) is 11.7 Å². The van der Waals surface area contributed by atoms with Gasteiger partial charge in [0.05, 0.1) is 17.8 Å². The molecule has 2 unspecified atom stereocenters. The van der Waals surface area contributed by atoms with E-state index in [0.29, 0.717) is 12.8 Å². The molecule has 0 aromatic carbocycles. The number of hydrogen-bond acceptors (Lipinski definition) is 5. The fraction of sp³-hybridized carbons (Fsp3) is 0.867. The van der Waals surface area contributed by atoms with E-state index in [0.717, 1.165) is 12.8 Å². The number of amides is 2. The van der Waals surface area contributed by atoms with Crippen molar-refractivity contribution in [3.63, 3.8) is 0 Å². The third-order valence-electron chi connectivity index (χ3n) is 4.54. The lowest BCUT2D eigenvalue weighted by Gasteiger charge is -2.37. The van der Waals surface area contributed by atoms with Gasteiger partial charge in [-0.2, -0.15) is 0 Å². The van der Waals surface area contributed by atoms with Crippen molar-refractivity contribution in [1.82, 2.24) is 10.2 Å². The Bertz CT molecular complexity index is 533. The largest absolute Gasteiger partial charge is 0.346 e. The van der Waals surface area contributed by atoms with Crippen molar-refractivity contribution in [2.45, 2.75) is 56.9 Å². The molecular formula is C15H29N3O4S. The molecule has 134 valence electrons. The van der Waals surface area contributed by atoms with E-state index in [4.69, 9.17) is 5.73 Å². The maximum Gasteiger partial charge on any atom is 0.241 e. The predicted molar refractivity (Wildman–Crippen MR) is 89.5 cm³/mol. The zero-order chi connectivity index (χ0) is 17.8. The maximum atomic E-state index is 12.3. The lowest BCUT2D eigenvalue weighted by Crippen LogP contribution is -2.53. The molecule has 3 atom stereocenters. The second-order valence-corrected chi connectivity index (χ2v) is 8.98. The van der Waals surface area contributed by atoms with E-state index in [-0.39, 0.29) is 30.3 Å². The number of hydrogen-bond donors (Lipinski definition) is 2. The fourth-order valence-corrected chi connectivity index (χ4v) is 4.40. The quantitative estimate of drug-likeness (QED) is 0.697. The zero-order valence-electron chi connectivity index (χ0n) is 14.4. The summed E-state index contributed by atoms with van der Waals surface area (Å²) in [6.45, 7) is 3.50. The zero-order valence-corrected chi connectivity index (χ0v) is 15.2. The van der Waals surface area contributed by atoms with Gasteiger partial charge in [-0.1, -0.05) is 26.7 Å². The Morgan fingerprint density at radius 1 is 1.26 bits per heavy atom.